The second-order valence-corrected chi connectivity index (χ2v) is 11.3. The predicted molar refractivity (Wildman–Crippen MR) is 119 cm³/mol. The summed E-state index contributed by atoms with van der Waals surface area (Å²) in [4.78, 5) is 29.8. The van der Waals surface area contributed by atoms with E-state index in [4.69, 9.17) is 9.97 Å². The molecule has 156 valence electrons. The Bertz CT molecular complexity index is 948. The minimum atomic E-state index is -0.0789. The minimum Gasteiger partial charge on any atom is -0.352 e. The second kappa shape index (κ2) is 6.93. The van der Waals surface area contributed by atoms with Crippen LogP contribution >= 0.6 is 11.3 Å². The van der Waals surface area contributed by atoms with Gasteiger partial charge >= 0.3 is 0 Å². The number of fused-ring (bicyclic) bond motifs is 3. The summed E-state index contributed by atoms with van der Waals surface area (Å²) in [5.41, 5.74) is 1.42. The molecule has 2 fully saturated rings. The molecule has 0 radical (unpaired) electrons. The summed E-state index contributed by atoms with van der Waals surface area (Å²) < 4.78 is 0. The number of carbonyl (C=O) groups is 1. The Labute approximate surface area is 177 Å². The lowest BCUT2D eigenvalue weighted by molar-refractivity contribution is -0.132. The van der Waals surface area contributed by atoms with Crippen LogP contribution in [0.4, 0.5) is 5.82 Å². The van der Waals surface area contributed by atoms with Crippen molar-refractivity contribution in [1.82, 2.24) is 14.9 Å². The van der Waals surface area contributed by atoms with Gasteiger partial charge in [-0.05, 0) is 43.6 Å². The Hall–Kier alpha value is -1.69. The molecule has 0 spiro atoms. The van der Waals surface area contributed by atoms with Gasteiger partial charge in [0.1, 0.15) is 16.5 Å². The van der Waals surface area contributed by atoms with Crippen LogP contribution in [0.3, 0.4) is 0 Å². The molecule has 0 aromatic carbocycles. The van der Waals surface area contributed by atoms with E-state index in [1.165, 1.54) is 28.7 Å². The van der Waals surface area contributed by atoms with Crippen LogP contribution in [0.1, 0.15) is 63.2 Å². The molecule has 6 heteroatoms. The van der Waals surface area contributed by atoms with Crippen molar-refractivity contribution in [1.29, 1.82) is 0 Å². The van der Waals surface area contributed by atoms with Gasteiger partial charge in [-0.15, -0.1) is 11.3 Å². The van der Waals surface area contributed by atoms with Crippen LogP contribution in [0.25, 0.3) is 10.2 Å². The van der Waals surface area contributed by atoms with Crippen LogP contribution in [0.5, 0.6) is 0 Å². The molecule has 1 amide bonds. The molecule has 5 nitrogen and oxygen atoms in total. The number of amides is 1. The van der Waals surface area contributed by atoms with Gasteiger partial charge in [0.2, 0.25) is 5.91 Å². The van der Waals surface area contributed by atoms with Gasteiger partial charge < -0.3 is 9.80 Å². The van der Waals surface area contributed by atoms with Gasteiger partial charge in [0, 0.05) is 42.4 Å². The highest BCUT2D eigenvalue weighted by molar-refractivity contribution is 7.19. The summed E-state index contributed by atoms with van der Waals surface area (Å²) >= 11 is 1.89. The Morgan fingerprint density at radius 3 is 2.45 bits per heavy atom. The summed E-state index contributed by atoms with van der Waals surface area (Å²) in [7, 11) is 0. The first-order chi connectivity index (χ1) is 13.8. The SMILES string of the molecule is C[C@@H]1CCc2c(sc3nc(C(C)(C)C)nc(N4CCN(C(=O)C5CC5)CC4)c23)C1. The Kier molecular flexibility index (Phi) is 4.61. The van der Waals surface area contributed by atoms with Gasteiger partial charge in [0.25, 0.3) is 0 Å². The quantitative estimate of drug-likeness (QED) is 0.743. The first kappa shape index (κ1) is 19.3. The van der Waals surface area contributed by atoms with Crippen LogP contribution in [-0.4, -0.2) is 47.0 Å². The van der Waals surface area contributed by atoms with Crippen molar-refractivity contribution in [3.63, 3.8) is 0 Å². The van der Waals surface area contributed by atoms with Gasteiger partial charge in [0.05, 0.1) is 5.39 Å². The van der Waals surface area contributed by atoms with Crippen LogP contribution < -0.4 is 4.90 Å². The molecule has 0 unspecified atom stereocenters. The van der Waals surface area contributed by atoms with Gasteiger partial charge in [-0.3, -0.25) is 4.79 Å². The maximum absolute atomic E-state index is 12.5. The monoisotopic (exact) mass is 412 g/mol. The summed E-state index contributed by atoms with van der Waals surface area (Å²) in [5.74, 6) is 3.49. The highest BCUT2D eigenvalue weighted by Gasteiger charge is 2.35. The predicted octanol–water partition coefficient (Wildman–Crippen LogP) is 4.17. The second-order valence-electron chi connectivity index (χ2n) is 10.2. The van der Waals surface area contributed by atoms with E-state index in [0.717, 1.165) is 67.8 Å². The molecule has 2 aromatic heterocycles. The van der Waals surface area contributed by atoms with E-state index in [1.54, 1.807) is 0 Å². The van der Waals surface area contributed by atoms with Crippen molar-refractivity contribution in [2.24, 2.45) is 11.8 Å². The Morgan fingerprint density at radius 1 is 1.07 bits per heavy atom. The number of aryl methyl sites for hydroxylation is 1. The summed E-state index contributed by atoms with van der Waals surface area (Å²) in [6.07, 6.45) is 5.73. The van der Waals surface area contributed by atoms with Crippen LogP contribution in [0.2, 0.25) is 0 Å². The minimum absolute atomic E-state index is 0.0789. The molecular weight excluding hydrogens is 380 g/mol. The number of aromatic nitrogens is 2. The summed E-state index contributed by atoms with van der Waals surface area (Å²) in [5, 5.41) is 1.30. The molecule has 3 heterocycles. The molecule has 29 heavy (non-hydrogen) atoms. The number of nitrogens with zero attached hydrogens (tertiary/aromatic N) is 4. The molecular formula is C23H32N4OS. The molecule has 1 aliphatic heterocycles. The third-order valence-corrected chi connectivity index (χ3v) is 7.77. The number of rotatable bonds is 2. The summed E-state index contributed by atoms with van der Waals surface area (Å²) in [6, 6.07) is 0. The fourth-order valence-corrected chi connectivity index (χ4v) is 5.99. The number of thiophene rings is 1. The molecule has 1 saturated heterocycles. The normalized spacial score (nSPS) is 22.8. The molecule has 0 N–H and O–H groups in total. The van der Waals surface area contributed by atoms with Crippen molar-refractivity contribution >= 4 is 33.3 Å². The standard InChI is InChI=1S/C23H32N4OS/c1-14-5-8-16-17(13-14)29-20-18(16)19(24-22(25-20)23(2,3)4)26-9-11-27(12-10-26)21(28)15-6-7-15/h14-15H,5-13H2,1-4H3/t14-/m1/s1. The van der Waals surface area contributed by atoms with Crippen molar-refractivity contribution < 1.29 is 4.79 Å². The van der Waals surface area contributed by atoms with Crippen LogP contribution in [-0.2, 0) is 23.1 Å². The smallest absolute Gasteiger partial charge is 0.225 e. The zero-order valence-electron chi connectivity index (χ0n) is 18.1. The number of hydrogen-bond donors (Lipinski definition) is 0. The largest absolute Gasteiger partial charge is 0.352 e. The van der Waals surface area contributed by atoms with E-state index in [9.17, 15) is 4.79 Å². The van der Waals surface area contributed by atoms with Gasteiger partial charge in [-0.1, -0.05) is 27.7 Å². The Balaban J connectivity index is 1.52. The van der Waals surface area contributed by atoms with Gasteiger partial charge in [0.15, 0.2) is 0 Å². The molecule has 1 atom stereocenters. The first-order valence-corrected chi connectivity index (χ1v) is 12.0. The van der Waals surface area contributed by atoms with E-state index in [1.807, 2.05) is 11.3 Å². The lowest BCUT2D eigenvalue weighted by atomic mass is 9.89. The van der Waals surface area contributed by atoms with E-state index < -0.39 is 0 Å². The van der Waals surface area contributed by atoms with Gasteiger partial charge in [-0.25, -0.2) is 9.97 Å². The van der Waals surface area contributed by atoms with Crippen molar-refractivity contribution in [3.05, 3.63) is 16.3 Å². The highest BCUT2D eigenvalue weighted by atomic mass is 32.1. The fourth-order valence-electron chi connectivity index (χ4n) is 4.61. The van der Waals surface area contributed by atoms with Crippen LogP contribution in [0, 0.1) is 11.8 Å². The summed E-state index contributed by atoms with van der Waals surface area (Å²) in [6.45, 7) is 12.3. The van der Waals surface area contributed by atoms with E-state index in [-0.39, 0.29) is 5.41 Å². The maximum atomic E-state index is 12.5. The molecule has 5 rings (SSSR count). The van der Waals surface area contributed by atoms with Gasteiger partial charge in [-0.2, -0.15) is 0 Å². The number of hydrogen-bond acceptors (Lipinski definition) is 5. The number of piperazine rings is 1. The molecule has 0 bridgehead atoms. The van der Waals surface area contributed by atoms with E-state index >= 15 is 0 Å². The zero-order chi connectivity index (χ0) is 20.3. The average Bonchev–Trinajstić information content (AvgIpc) is 3.47. The van der Waals surface area contributed by atoms with E-state index in [2.05, 4.69) is 37.5 Å². The zero-order valence-corrected chi connectivity index (χ0v) is 18.9. The Morgan fingerprint density at radius 2 is 1.79 bits per heavy atom. The lowest BCUT2D eigenvalue weighted by Crippen LogP contribution is -2.49. The number of carbonyl (C=O) groups excluding carboxylic acids is 1. The molecule has 2 aliphatic carbocycles. The maximum Gasteiger partial charge on any atom is 0.225 e. The van der Waals surface area contributed by atoms with Crippen molar-refractivity contribution in [2.45, 2.75) is 65.2 Å². The van der Waals surface area contributed by atoms with Crippen molar-refractivity contribution in [3.8, 4) is 0 Å². The first-order valence-electron chi connectivity index (χ1n) is 11.2. The fraction of sp³-hybridized carbons (Fsp3) is 0.696. The average molecular weight is 413 g/mol. The third kappa shape index (κ3) is 3.54. The van der Waals surface area contributed by atoms with E-state index in [0.29, 0.717) is 11.8 Å². The highest BCUT2D eigenvalue weighted by Crippen LogP contribution is 2.42. The van der Waals surface area contributed by atoms with Crippen molar-refractivity contribution in [2.75, 3.05) is 31.1 Å². The third-order valence-electron chi connectivity index (χ3n) is 6.62. The molecule has 1 saturated carbocycles. The molecule has 2 aromatic rings. The lowest BCUT2D eigenvalue weighted by Gasteiger charge is -2.36. The topological polar surface area (TPSA) is 49.3 Å². The van der Waals surface area contributed by atoms with Crippen LogP contribution in [0.15, 0.2) is 0 Å². The molecule has 3 aliphatic rings. The number of anilines is 1.